The van der Waals surface area contributed by atoms with Crippen LogP contribution in [0.25, 0.3) is 5.65 Å². The van der Waals surface area contributed by atoms with Gasteiger partial charge in [0.2, 0.25) is 0 Å². The molecule has 7 nitrogen and oxygen atoms in total. The Hall–Kier alpha value is -2.80. The van der Waals surface area contributed by atoms with Crippen molar-refractivity contribution >= 4 is 29.2 Å². The van der Waals surface area contributed by atoms with Gasteiger partial charge in [-0.15, -0.1) is 5.10 Å². The van der Waals surface area contributed by atoms with Gasteiger partial charge in [0.05, 0.1) is 17.7 Å². The average molecular weight is 344 g/mol. The van der Waals surface area contributed by atoms with Gasteiger partial charge in [0.25, 0.3) is 5.95 Å². The predicted octanol–water partition coefficient (Wildman–Crippen LogP) is 3.03. The van der Waals surface area contributed by atoms with Crippen molar-refractivity contribution in [2.75, 3.05) is 11.9 Å². The van der Waals surface area contributed by atoms with Gasteiger partial charge in [-0.3, -0.25) is 5.32 Å². The smallest absolute Gasteiger partial charge is 0.322 e. The average Bonchev–Trinajstić information content (AvgIpc) is 2.98. The molecule has 0 radical (unpaired) electrons. The van der Waals surface area contributed by atoms with Crippen LogP contribution in [0.5, 0.6) is 5.75 Å². The summed E-state index contributed by atoms with van der Waals surface area (Å²) in [6.07, 6.45) is 2.43. The Morgan fingerprint density at radius 2 is 2.21 bits per heavy atom. The summed E-state index contributed by atoms with van der Waals surface area (Å²) in [4.78, 5) is 16.5. The van der Waals surface area contributed by atoms with Crippen LogP contribution >= 0.6 is 11.6 Å². The summed E-state index contributed by atoms with van der Waals surface area (Å²) >= 11 is 6.14. The van der Waals surface area contributed by atoms with Crippen molar-refractivity contribution in [2.24, 2.45) is 0 Å². The van der Waals surface area contributed by atoms with Crippen molar-refractivity contribution < 1.29 is 9.53 Å². The van der Waals surface area contributed by atoms with E-state index in [0.717, 1.165) is 5.56 Å². The van der Waals surface area contributed by atoms with E-state index in [1.807, 2.05) is 30.3 Å². The molecule has 122 valence electrons. The van der Waals surface area contributed by atoms with Gasteiger partial charge in [0.1, 0.15) is 5.75 Å². The van der Waals surface area contributed by atoms with E-state index < -0.39 is 0 Å². The number of hydrogen-bond donors (Lipinski definition) is 2. The normalized spacial score (nSPS) is 16.3. The molecule has 0 saturated carbocycles. The monoisotopic (exact) mass is 343 g/mol. The second-order valence-corrected chi connectivity index (χ2v) is 5.79. The number of nitrogens with zero attached hydrogens (tertiary/aromatic N) is 3. The Morgan fingerprint density at radius 3 is 3.08 bits per heavy atom. The van der Waals surface area contributed by atoms with Crippen LogP contribution in [0.4, 0.5) is 10.7 Å². The zero-order valence-electron chi connectivity index (χ0n) is 12.6. The Balaban J connectivity index is 1.50. The fourth-order valence-corrected chi connectivity index (χ4v) is 2.95. The molecule has 0 fully saturated rings. The molecule has 8 heteroatoms. The topological polar surface area (TPSA) is 80.6 Å². The third kappa shape index (κ3) is 2.74. The van der Waals surface area contributed by atoms with E-state index in [2.05, 4.69) is 20.7 Å². The minimum absolute atomic E-state index is 0.176. The van der Waals surface area contributed by atoms with Crippen LogP contribution < -0.4 is 15.4 Å². The Kier molecular flexibility index (Phi) is 3.70. The summed E-state index contributed by atoms with van der Waals surface area (Å²) in [5.74, 6) is 0.874. The lowest BCUT2D eigenvalue weighted by molar-refractivity contribution is 0.232. The van der Waals surface area contributed by atoms with Crippen molar-refractivity contribution in [2.45, 2.75) is 12.5 Å². The van der Waals surface area contributed by atoms with Crippen molar-refractivity contribution in [3.8, 4) is 5.75 Å². The van der Waals surface area contributed by atoms with E-state index in [1.54, 1.807) is 16.8 Å². The number of carbonyl (C=O) groups is 1. The second-order valence-electron chi connectivity index (χ2n) is 5.39. The minimum Gasteiger partial charge on any atom is -0.492 e. The number of halogens is 1. The molecule has 24 heavy (non-hydrogen) atoms. The van der Waals surface area contributed by atoms with Gasteiger partial charge in [0, 0.05) is 18.2 Å². The van der Waals surface area contributed by atoms with Crippen LogP contribution in [0, 0.1) is 0 Å². The van der Waals surface area contributed by atoms with Gasteiger partial charge >= 0.3 is 6.03 Å². The molecule has 1 aliphatic rings. The second kappa shape index (κ2) is 6.01. The van der Waals surface area contributed by atoms with Gasteiger partial charge < -0.3 is 10.1 Å². The molecule has 1 unspecified atom stereocenters. The van der Waals surface area contributed by atoms with Gasteiger partial charge in [-0.05, 0) is 18.2 Å². The lowest BCUT2D eigenvalue weighted by Crippen LogP contribution is -2.35. The first-order valence-corrected chi connectivity index (χ1v) is 7.88. The number of urea groups is 1. The van der Waals surface area contributed by atoms with Gasteiger partial charge in [-0.2, -0.15) is 4.98 Å². The molecule has 3 heterocycles. The number of amides is 2. The highest BCUT2D eigenvalue weighted by molar-refractivity contribution is 6.32. The molecular formula is C16H14ClN5O2. The number of nitrogens with one attached hydrogen (secondary N) is 2. The van der Waals surface area contributed by atoms with E-state index in [-0.39, 0.29) is 18.0 Å². The van der Waals surface area contributed by atoms with Crippen molar-refractivity contribution in [1.82, 2.24) is 19.9 Å². The summed E-state index contributed by atoms with van der Waals surface area (Å²) in [5, 5.41) is 10.3. The molecule has 0 aliphatic carbocycles. The maximum atomic E-state index is 12.3. The molecule has 0 spiro atoms. The van der Waals surface area contributed by atoms with Crippen LogP contribution in [0.1, 0.15) is 18.0 Å². The van der Waals surface area contributed by atoms with E-state index in [9.17, 15) is 4.79 Å². The first-order chi connectivity index (χ1) is 11.7. The number of hydrogen-bond acceptors (Lipinski definition) is 4. The molecule has 0 saturated heterocycles. The summed E-state index contributed by atoms with van der Waals surface area (Å²) < 4.78 is 7.19. The lowest BCUT2D eigenvalue weighted by atomic mass is 10.0. The largest absolute Gasteiger partial charge is 0.492 e. The molecule has 2 amide bonds. The van der Waals surface area contributed by atoms with E-state index in [4.69, 9.17) is 16.3 Å². The number of benzene rings is 1. The summed E-state index contributed by atoms with van der Waals surface area (Å²) in [7, 11) is 0. The van der Waals surface area contributed by atoms with Gasteiger partial charge in [-0.1, -0.05) is 29.8 Å². The summed E-state index contributed by atoms with van der Waals surface area (Å²) in [6, 6.07) is 10.5. The van der Waals surface area contributed by atoms with Crippen LogP contribution in [0.15, 0.2) is 42.6 Å². The molecular weight excluding hydrogens is 330 g/mol. The van der Waals surface area contributed by atoms with Gasteiger partial charge in [-0.25, -0.2) is 9.31 Å². The number of anilines is 1. The van der Waals surface area contributed by atoms with Crippen molar-refractivity contribution in [1.29, 1.82) is 0 Å². The Morgan fingerprint density at radius 1 is 1.29 bits per heavy atom. The number of carbonyl (C=O) groups excluding carboxylic acids is 1. The SMILES string of the molecule is O=C(Nc1nc2ccccn2n1)NC1CCOc2c(Cl)cccc21. The number of fused-ring (bicyclic) bond motifs is 2. The number of ether oxygens (including phenoxy) is 1. The number of aromatic nitrogens is 3. The number of pyridine rings is 1. The maximum absolute atomic E-state index is 12.3. The zero-order valence-corrected chi connectivity index (χ0v) is 13.3. The van der Waals surface area contributed by atoms with E-state index in [0.29, 0.717) is 29.4 Å². The highest BCUT2D eigenvalue weighted by atomic mass is 35.5. The molecule has 0 bridgehead atoms. The molecule has 2 N–H and O–H groups in total. The fourth-order valence-electron chi connectivity index (χ4n) is 2.72. The molecule has 2 aromatic heterocycles. The molecule has 1 aliphatic heterocycles. The molecule has 4 rings (SSSR count). The quantitative estimate of drug-likeness (QED) is 0.749. The minimum atomic E-state index is -0.372. The van der Waals surface area contributed by atoms with E-state index >= 15 is 0 Å². The standard InChI is InChI=1S/C16H14ClN5O2/c17-11-5-3-4-10-12(7-9-24-14(10)11)18-16(23)20-15-19-13-6-1-2-8-22(13)21-15/h1-6,8,12H,7,9H2,(H2,18,20,21,23). The predicted molar refractivity (Wildman–Crippen MR) is 89.4 cm³/mol. The fraction of sp³-hybridized carbons (Fsp3) is 0.188. The van der Waals surface area contributed by atoms with Crippen molar-refractivity contribution in [3.63, 3.8) is 0 Å². The van der Waals surface area contributed by atoms with Crippen LogP contribution in [0.2, 0.25) is 5.02 Å². The van der Waals surface area contributed by atoms with Crippen LogP contribution in [-0.4, -0.2) is 27.2 Å². The lowest BCUT2D eigenvalue weighted by Gasteiger charge is -2.27. The summed E-state index contributed by atoms with van der Waals surface area (Å²) in [6.45, 7) is 0.494. The summed E-state index contributed by atoms with van der Waals surface area (Å²) in [5.41, 5.74) is 1.53. The van der Waals surface area contributed by atoms with Crippen LogP contribution in [-0.2, 0) is 0 Å². The maximum Gasteiger partial charge on any atom is 0.322 e. The van der Waals surface area contributed by atoms with E-state index in [1.165, 1.54) is 0 Å². The number of para-hydroxylation sites is 1. The Bertz CT molecular complexity index is 877. The van der Waals surface area contributed by atoms with Gasteiger partial charge in [0.15, 0.2) is 5.65 Å². The highest BCUT2D eigenvalue weighted by Gasteiger charge is 2.25. The van der Waals surface area contributed by atoms with Crippen molar-refractivity contribution in [3.05, 3.63) is 53.2 Å². The third-order valence-electron chi connectivity index (χ3n) is 3.80. The molecule has 1 aromatic carbocycles. The zero-order chi connectivity index (χ0) is 16.5. The molecule has 1 atom stereocenters. The highest BCUT2D eigenvalue weighted by Crippen LogP contribution is 2.37. The third-order valence-corrected chi connectivity index (χ3v) is 4.10. The first-order valence-electron chi connectivity index (χ1n) is 7.51. The Labute approximate surface area is 142 Å². The number of rotatable bonds is 2. The van der Waals surface area contributed by atoms with Crippen LogP contribution in [0.3, 0.4) is 0 Å². The first kappa shape index (κ1) is 14.8. The molecule has 3 aromatic rings.